The van der Waals surface area contributed by atoms with Crippen molar-refractivity contribution in [2.45, 2.75) is 19.9 Å². The van der Waals surface area contributed by atoms with E-state index >= 15 is 0 Å². The SMILES string of the molecule is COc1cc(CNC(=O)Cc2c(C)[nH]c3ccccc23)ccc1OCC(N)=O. The van der Waals surface area contributed by atoms with Crippen LogP contribution in [0.2, 0.25) is 0 Å². The quantitative estimate of drug-likeness (QED) is 0.556. The molecule has 0 bridgehead atoms. The maximum absolute atomic E-state index is 12.4. The smallest absolute Gasteiger partial charge is 0.255 e. The van der Waals surface area contributed by atoms with Crippen LogP contribution < -0.4 is 20.5 Å². The van der Waals surface area contributed by atoms with Crippen LogP contribution in [0.3, 0.4) is 0 Å². The van der Waals surface area contributed by atoms with E-state index in [1.807, 2.05) is 31.2 Å². The Morgan fingerprint density at radius 1 is 1.14 bits per heavy atom. The van der Waals surface area contributed by atoms with Crippen molar-refractivity contribution in [3.63, 3.8) is 0 Å². The van der Waals surface area contributed by atoms with Crippen molar-refractivity contribution >= 4 is 22.7 Å². The van der Waals surface area contributed by atoms with E-state index in [0.717, 1.165) is 27.7 Å². The number of H-pyrrole nitrogens is 1. The average Bonchev–Trinajstić information content (AvgIpc) is 3.00. The van der Waals surface area contributed by atoms with Crippen LogP contribution in [0, 0.1) is 6.92 Å². The Kier molecular flexibility index (Phi) is 5.84. The second-order valence-electron chi connectivity index (χ2n) is 6.47. The van der Waals surface area contributed by atoms with Crippen molar-refractivity contribution < 1.29 is 19.1 Å². The highest BCUT2D eigenvalue weighted by Gasteiger charge is 2.13. The van der Waals surface area contributed by atoms with Crippen LogP contribution >= 0.6 is 0 Å². The molecule has 0 atom stereocenters. The van der Waals surface area contributed by atoms with Crippen molar-refractivity contribution in [3.8, 4) is 11.5 Å². The summed E-state index contributed by atoms with van der Waals surface area (Å²) in [7, 11) is 1.51. The molecule has 3 rings (SSSR count). The van der Waals surface area contributed by atoms with E-state index in [2.05, 4.69) is 10.3 Å². The minimum atomic E-state index is -0.564. The van der Waals surface area contributed by atoms with Crippen molar-refractivity contribution in [1.29, 1.82) is 0 Å². The summed E-state index contributed by atoms with van der Waals surface area (Å²) < 4.78 is 10.6. The van der Waals surface area contributed by atoms with Gasteiger partial charge in [-0.1, -0.05) is 24.3 Å². The van der Waals surface area contributed by atoms with E-state index in [4.69, 9.17) is 15.2 Å². The summed E-state index contributed by atoms with van der Waals surface area (Å²) in [4.78, 5) is 26.6. The number of fused-ring (bicyclic) bond motifs is 1. The van der Waals surface area contributed by atoms with Crippen molar-refractivity contribution in [3.05, 3.63) is 59.3 Å². The largest absolute Gasteiger partial charge is 0.493 e. The third-order valence-electron chi connectivity index (χ3n) is 4.45. The lowest BCUT2D eigenvalue weighted by atomic mass is 10.1. The number of nitrogens with one attached hydrogen (secondary N) is 2. The van der Waals surface area contributed by atoms with Crippen LogP contribution in [0.1, 0.15) is 16.8 Å². The Labute approximate surface area is 162 Å². The van der Waals surface area contributed by atoms with Crippen LogP contribution in [0.25, 0.3) is 10.9 Å². The first-order chi connectivity index (χ1) is 13.5. The molecule has 146 valence electrons. The number of ether oxygens (including phenoxy) is 2. The van der Waals surface area contributed by atoms with Crippen molar-refractivity contribution in [1.82, 2.24) is 10.3 Å². The summed E-state index contributed by atoms with van der Waals surface area (Å²) in [5.74, 6) is 0.262. The van der Waals surface area contributed by atoms with Gasteiger partial charge in [-0.2, -0.15) is 0 Å². The zero-order valence-electron chi connectivity index (χ0n) is 15.9. The molecule has 7 heteroatoms. The molecule has 0 fully saturated rings. The van der Waals surface area contributed by atoms with Gasteiger partial charge in [-0.3, -0.25) is 9.59 Å². The zero-order valence-corrected chi connectivity index (χ0v) is 15.9. The molecule has 28 heavy (non-hydrogen) atoms. The number of aromatic amines is 1. The van der Waals surface area contributed by atoms with E-state index in [0.29, 0.717) is 24.5 Å². The van der Waals surface area contributed by atoms with Gasteiger partial charge in [0.05, 0.1) is 13.5 Å². The molecule has 0 aliphatic rings. The minimum Gasteiger partial charge on any atom is -0.493 e. The van der Waals surface area contributed by atoms with Crippen molar-refractivity contribution in [2.24, 2.45) is 5.73 Å². The molecular weight excluding hydrogens is 358 g/mol. The Balaban J connectivity index is 1.64. The molecular formula is C21H23N3O4. The maximum atomic E-state index is 12.4. The summed E-state index contributed by atoms with van der Waals surface area (Å²) in [5.41, 5.74) is 8.97. The predicted octanol–water partition coefficient (Wildman–Crippen LogP) is 2.21. The second-order valence-corrected chi connectivity index (χ2v) is 6.47. The number of aromatic nitrogens is 1. The topological polar surface area (TPSA) is 106 Å². The molecule has 7 nitrogen and oxygen atoms in total. The molecule has 2 aromatic carbocycles. The minimum absolute atomic E-state index is 0.0686. The molecule has 0 aliphatic carbocycles. The standard InChI is InChI=1S/C21H23N3O4/c1-13-16(15-5-3-4-6-17(15)24-13)10-21(26)23-11-14-7-8-18(19(9-14)27-2)28-12-20(22)25/h3-9,24H,10-12H2,1-2H3,(H2,22,25)(H,23,26). The van der Waals surface area contributed by atoms with Crippen LogP contribution in [0.4, 0.5) is 0 Å². The monoisotopic (exact) mass is 381 g/mol. The third-order valence-corrected chi connectivity index (χ3v) is 4.45. The number of para-hydroxylation sites is 1. The molecule has 0 unspecified atom stereocenters. The fourth-order valence-electron chi connectivity index (χ4n) is 3.08. The molecule has 0 aliphatic heterocycles. The van der Waals surface area contributed by atoms with Gasteiger partial charge in [0.25, 0.3) is 5.91 Å². The van der Waals surface area contributed by atoms with Crippen LogP contribution in [-0.4, -0.2) is 30.5 Å². The molecule has 1 aromatic heterocycles. The highest BCUT2D eigenvalue weighted by Crippen LogP contribution is 2.28. The number of aryl methyl sites for hydroxylation is 1. The van der Waals surface area contributed by atoms with Gasteiger partial charge in [0.15, 0.2) is 18.1 Å². The molecule has 4 N–H and O–H groups in total. The number of primary amides is 1. The summed E-state index contributed by atoms with van der Waals surface area (Å²) in [6.45, 7) is 2.10. The van der Waals surface area contributed by atoms with E-state index in [9.17, 15) is 9.59 Å². The van der Waals surface area contributed by atoms with E-state index in [1.165, 1.54) is 7.11 Å². The number of benzene rings is 2. The summed E-state index contributed by atoms with van der Waals surface area (Å²) in [6.07, 6.45) is 0.298. The van der Waals surface area contributed by atoms with Gasteiger partial charge in [0, 0.05) is 23.1 Å². The summed E-state index contributed by atoms with van der Waals surface area (Å²) in [5, 5.41) is 3.99. The number of hydrogen-bond acceptors (Lipinski definition) is 4. The Hall–Kier alpha value is -3.48. The number of amides is 2. The maximum Gasteiger partial charge on any atom is 0.255 e. The van der Waals surface area contributed by atoms with Crippen LogP contribution in [0.15, 0.2) is 42.5 Å². The first-order valence-electron chi connectivity index (χ1n) is 8.89. The molecule has 0 saturated heterocycles. The van der Waals surface area contributed by atoms with Gasteiger partial charge in [0.2, 0.25) is 5.91 Å². The van der Waals surface area contributed by atoms with E-state index in [-0.39, 0.29) is 12.5 Å². The Morgan fingerprint density at radius 2 is 1.93 bits per heavy atom. The van der Waals surface area contributed by atoms with Gasteiger partial charge in [-0.25, -0.2) is 0 Å². The number of nitrogens with two attached hydrogens (primary N) is 1. The molecule has 1 heterocycles. The Bertz CT molecular complexity index is 1010. The van der Waals surface area contributed by atoms with E-state index < -0.39 is 5.91 Å². The van der Waals surface area contributed by atoms with Crippen LogP contribution in [0.5, 0.6) is 11.5 Å². The first kappa shape index (κ1) is 19.3. The van der Waals surface area contributed by atoms with Gasteiger partial charge >= 0.3 is 0 Å². The Morgan fingerprint density at radius 3 is 2.68 bits per heavy atom. The number of rotatable bonds is 8. The summed E-state index contributed by atoms with van der Waals surface area (Å²) >= 11 is 0. The van der Waals surface area contributed by atoms with Crippen LogP contribution in [-0.2, 0) is 22.6 Å². The molecule has 2 amide bonds. The summed E-state index contributed by atoms with van der Waals surface area (Å²) in [6, 6.07) is 13.2. The second kappa shape index (κ2) is 8.47. The molecule has 0 saturated carbocycles. The third kappa shape index (κ3) is 4.43. The normalized spacial score (nSPS) is 10.6. The highest BCUT2D eigenvalue weighted by atomic mass is 16.5. The molecule has 0 radical (unpaired) electrons. The van der Waals surface area contributed by atoms with E-state index in [1.54, 1.807) is 18.2 Å². The zero-order chi connectivity index (χ0) is 20.1. The average molecular weight is 381 g/mol. The molecule has 3 aromatic rings. The van der Waals surface area contributed by atoms with Gasteiger partial charge in [-0.15, -0.1) is 0 Å². The lowest BCUT2D eigenvalue weighted by Gasteiger charge is -2.12. The lowest BCUT2D eigenvalue weighted by Crippen LogP contribution is -2.24. The lowest BCUT2D eigenvalue weighted by molar-refractivity contribution is -0.121. The van der Waals surface area contributed by atoms with Crippen molar-refractivity contribution in [2.75, 3.05) is 13.7 Å². The van der Waals surface area contributed by atoms with Gasteiger partial charge in [-0.05, 0) is 36.2 Å². The fraction of sp³-hybridized carbons (Fsp3) is 0.238. The number of carbonyl (C=O) groups excluding carboxylic acids is 2. The number of carbonyl (C=O) groups is 2. The highest BCUT2D eigenvalue weighted by molar-refractivity contribution is 5.90. The van der Waals surface area contributed by atoms with Gasteiger partial charge < -0.3 is 25.5 Å². The molecule has 0 spiro atoms. The first-order valence-corrected chi connectivity index (χ1v) is 8.89. The van der Waals surface area contributed by atoms with Gasteiger partial charge in [0.1, 0.15) is 0 Å². The predicted molar refractivity (Wildman–Crippen MR) is 106 cm³/mol. The number of methoxy groups -OCH3 is 1. The fourth-order valence-corrected chi connectivity index (χ4v) is 3.08. The number of hydrogen-bond donors (Lipinski definition) is 3.